The average Bonchev–Trinajstić information content (AvgIpc) is 2.53. The third-order valence-electron chi connectivity index (χ3n) is 3.98. The fraction of sp³-hybridized carbons (Fsp3) is 0.529. The Kier molecular flexibility index (Phi) is 6.41. The largest absolute Gasteiger partial charge is 0.356 e. The summed E-state index contributed by atoms with van der Waals surface area (Å²) in [4.78, 5) is 18.4. The number of likely N-dealkylation sites (tertiary alicyclic amines) is 1. The van der Waals surface area contributed by atoms with Gasteiger partial charge in [-0.1, -0.05) is 18.2 Å². The molecule has 0 saturated carbocycles. The third kappa shape index (κ3) is 5.68. The van der Waals surface area contributed by atoms with Crippen molar-refractivity contribution in [2.75, 3.05) is 26.2 Å². The molecule has 1 aliphatic heterocycles. The van der Waals surface area contributed by atoms with Gasteiger partial charge in [-0.25, -0.2) is 0 Å². The van der Waals surface area contributed by atoms with E-state index in [0.29, 0.717) is 12.3 Å². The van der Waals surface area contributed by atoms with Crippen molar-refractivity contribution < 1.29 is 4.79 Å². The molecule has 0 radical (unpaired) electrons. The van der Waals surface area contributed by atoms with Crippen LogP contribution in [0.25, 0.3) is 0 Å². The molecule has 21 heavy (non-hydrogen) atoms. The molecular formula is C17H25N3O. The van der Waals surface area contributed by atoms with Gasteiger partial charge in [0.15, 0.2) is 0 Å². The van der Waals surface area contributed by atoms with E-state index in [2.05, 4.69) is 34.3 Å². The first-order valence-electron chi connectivity index (χ1n) is 7.77. The van der Waals surface area contributed by atoms with Crippen LogP contribution in [0.5, 0.6) is 0 Å². The van der Waals surface area contributed by atoms with Gasteiger partial charge in [0.1, 0.15) is 0 Å². The van der Waals surface area contributed by atoms with E-state index < -0.39 is 0 Å². The van der Waals surface area contributed by atoms with Crippen molar-refractivity contribution in [1.29, 1.82) is 0 Å². The molecule has 4 nitrogen and oxygen atoms in total. The Morgan fingerprint density at radius 3 is 2.95 bits per heavy atom. The molecule has 4 heteroatoms. The number of hydrogen-bond acceptors (Lipinski definition) is 3. The van der Waals surface area contributed by atoms with Gasteiger partial charge in [-0.3, -0.25) is 14.7 Å². The summed E-state index contributed by atoms with van der Waals surface area (Å²) >= 11 is 0. The standard InChI is InChI=1S/C17H25N3O/c1-2-3-9-20-10-6-15(7-11-20)14-19-17(21)12-16-5-4-8-18-13-16/h2-5,8,13,15H,6-7,9-12,14H2,1H3,(H,19,21)/b3-2+. The SMILES string of the molecule is C/C=C/CN1CCC(CNC(=O)Cc2cccnc2)CC1. The van der Waals surface area contributed by atoms with Crippen LogP contribution in [0.4, 0.5) is 0 Å². The van der Waals surface area contributed by atoms with E-state index >= 15 is 0 Å². The van der Waals surface area contributed by atoms with Gasteiger partial charge in [-0.2, -0.15) is 0 Å². The highest BCUT2D eigenvalue weighted by atomic mass is 16.1. The zero-order chi connectivity index (χ0) is 14.9. The van der Waals surface area contributed by atoms with E-state index in [0.717, 1.165) is 31.7 Å². The number of amides is 1. The first-order chi connectivity index (χ1) is 10.3. The molecule has 1 amide bonds. The summed E-state index contributed by atoms with van der Waals surface area (Å²) in [5, 5.41) is 3.06. The highest BCUT2D eigenvalue weighted by molar-refractivity contribution is 5.78. The minimum absolute atomic E-state index is 0.0966. The number of hydrogen-bond donors (Lipinski definition) is 1. The van der Waals surface area contributed by atoms with Crippen molar-refractivity contribution in [2.24, 2.45) is 5.92 Å². The van der Waals surface area contributed by atoms with Crippen LogP contribution in [0.2, 0.25) is 0 Å². The van der Waals surface area contributed by atoms with Gasteiger partial charge in [0.2, 0.25) is 5.91 Å². The minimum atomic E-state index is 0.0966. The molecule has 0 atom stereocenters. The van der Waals surface area contributed by atoms with Crippen LogP contribution < -0.4 is 5.32 Å². The molecular weight excluding hydrogens is 262 g/mol. The molecule has 2 rings (SSSR count). The van der Waals surface area contributed by atoms with Crippen LogP contribution in [-0.4, -0.2) is 42.0 Å². The number of rotatable bonds is 6. The van der Waals surface area contributed by atoms with Crippen molar-refractivity contribution >= 4 is 5.91 Å². The Bertz CT molecular complexity index is 450. The summed E-state index contributed by atoms with van der Waals surface area (Å²) in [6, 6.07) is 3.80. The van der Waals surface area contributed by atoms with E-state index in [-0.39, 0.29) is 5.91 Å². The monoisotopic (exact) mass is 287 g/mol. The topological polar surface area (TPSA) is 45.2 Å². The number of carbonyl (C=O) groups is 1. The molecule has 1 saturated heterocycles. The maximum atomic E-state index is 11.9. The van der Waals surface area contributed by atoms with Gasteiger partial charge in [0, 0.05) is 25.5 Å². The molecule has 0 aliphatic carbocycles. The Hall–Kier alpha value is -1.68. The molecule has 0 spiro atoms. The van der Waals surface area contributed by atoms with Gasteiger partial charge in [0.25, 0.3) is 0 Å². The van der Waals surface area contributed by atoms with E-state index in [9.17, 15) is 4.79 Å². The van der Waals surface area contributed by atoms with Gasteiger partial charge in [-0.15, -0.1) is 0 Å². The highest BCUT2D eigenvalue weighted by Gasteiger charge is 2.18. The fourth-order valence-corrected chi connectivity index (χ4v) is 2.64. The molecule has 1 aliphatic rings. The van der Waals surface area contributed by atoms with Crippen molar-refractivity contribution in [1.82, 2.24) is 15.2 Å². The van der Waals surface area contributed by atoms with E-state index in [1.54, 1.807) is 12.4 Å². The average molecular weight is 287 g/mol. The zero-order valence-corrected chi connectivity index (χ0v) is 12.8. The lowest BCUT2D eigenvalue weighted by Gasteiger charge is -2.31. The van der Waals surface area contributed by atoms with Crippen molar-refractivity contribution in [3.05, 3.63) is 42.2 Å². The summed E-state index contributed by atoms with van der Waals surface area (Å²) in [5.74, 6) is 0.712. The zero-order valence-electron chi connectivity index (χ0n) is 12.8. The van der Waals surface area contributed by atoms with E-state index in [1.807, 2.05) is 12.1 Å². The predicted octanol–water partition coefficient (Wildman–Crippen LogP) is 2.03. The number of nitrogens with one attached hydrogen (secondary N) is 1. The molecule has 1 aromatic heterocycles. The van der Waals surface area contributed by atoms with Gasteiger partial charge >= 0.3 is 0 Å². The molecule has 0 aromatic carbocycles. The second-order valence-corrected chi connectivity index (χ2v) is 5.66. The molecule has 1 aromatic rings. The fourth-order valence-electron chi connectivity index (χ4n) is 2.64. The van der Waals surface area contributed by atoms with E-state index in [4.69, 9.17) is 0 Å². The van der Waals surface area contributed by atoms with Gasteiger partial charge < -0.3 is 5.32 Å². The molecule has 0 unspecified atom stereocenters. The second-order valence-electron chi connectivity index (χ2n) is 5.66. The number of allylic oxidation sites excluding steroid dienone is 1. The Labute approximate surface area is 127 Å². The number of aromatic nitrogens is 1. The minimum Gasteiger partial charge on any atom is -0.356 e. The van der Waals surface area contributed by atoms with Crippen molar-refractivity contribution in [3.63, 3.8) is 0 Å². The highest BCUT2D eigenvalue weighted by Crippen LogP contribution is 2.16. The lowest BCUT2D eigenvalue weighted by molar-refractivity contribution is -0.120. The normalized spacial score (nSPS) is 17.2. The smallest absolute Gasteiger partial charge is 0.224 e. The van der Waals surface area contributed by atoms with E-state index in [1.165, 1.54) is 12.8 Å². The Morgan fingerprint density at radius 2 is 2.29 bits per heavy atom. The summed E-state index contributed by atoms with van der Waals surface area (Å²) < 4.78 is 0. The first kappa shape index (κ1) is 15.7. The number of pyridine rings is 1. The van der Waals surface area contributed by atoms with Crippen molar-refractivity contribution in [2.45, 2.75) is 26.2 Å². The van der Waals surface area contributed by atoms with Crippen molar-refractivity contribution in [3.8, 4) is 0 Å². The summed E-state index contributed by atoms with van der Waals surface area (Å²) in [6.45, 7) is 6.18. The van der Waals surface area contributed by atoms with Gasteiger partial charge in [0.05, 0.1) is 6.42 Å². The number of carbonyl (C=O) groups excluding carboxylic acids is 1. The van der Waals surface area contributed by atoms with Crippen LogP contribution in [0.15, 0.2) is 36.7 Å². The number of piperidine rings is 1. The predicted molar refractivity (Wildman–Crippen MR) is 84.9 cm³/mol. The Balaban J connectivity index is 1.64. The van der Waals surface area contributed by atoms with Crippen LogP contribution in [-0.2, 0) is 11.2 Å². The first-order valence-corrected chi connectivity index (χ1v) is 7.77. The lowest BCUT2D eigenvalue weighted by atomic mass is 9.96. The summed E-state index contributed by atoms with van der Waals surface area (Å²) in [6.07, 6.45) is 10.5. The van der Waals surface area contributed by atoms with Gasteiger partial charge in [-0.05, 0) is 50.4 Å². The van der Waals surface area contributed by atoms with Crippen LogP contribution in [0, 0.1) is 5.92 Å². The maximum absolute atomic E-state index is 11.9. The number of nitrogens with zero attached hydrogens (tertiary/aromatic N) is 2. The molecule has 1 fully saturated rings. The van der Waals surface area contributed by atoms with Crippen LogP contribution >= 0.6 is 0 Å². The van der Waals surface area contributed by atoms with Crippen LogP contribution in [0.1, 0.15) is 25.3 Å². The quantitative estimate of drug-likeness (QED) is 0.814. The summed E-state index contributed by atoms with van der Waals surface area (Å²) in [5.41, 5.74) is 0.969. The molecule has 1 N–H and O–H groups in total. The van der Waals surface area contributed by atoms with Crippen LogP contribution in [0.3, 0.4) is 0 Å². The lowest BCUT2D eigenvalue weighted by Crippen LogP contribution is -2.39. The molecule has 114 valence electrons. The Morgan fingerprint density at radius 1 is 1.48 bits per heavy atom. The molecule has 0 bridgehead atoms. The molecule has 2 heterocycles. The second kappa shape index (κ2) is 8.57. The summed E-state index contributed by atoms with van der Waals surface area (Å²) in [7, 11) is 0. The maximum Gasteiger partial charge on any atom is 0.224 e. The third-order valence-corrected chi connectivity index (χ3v) is 3.98.